The molecule has 2 aliphatic carbocycles. The lowest BCUT2D eigenvalue weighted by Crippen LogP contribution is -2.56. The molecule has 164 valence electrons. The summed E-state index contributed by atoms with van der Waals surface area (Å²) in [6.45, 7) is 3.44. The van der Waals surface area contributed by atoms with Gasteiger partial charge in [-0.05, 0) is 81.1 Å². The van der Waals surface area contributed by atoms with Crippen LogP contribution >= 0.6 is 0 Å². The highest BCUT2D eigenvalue weighted by Crippen LogP contribution is 2.45. The van der Waals surface area contributed by atoms with Crippen LogP contribution in [0.5, 0.6) is 0 Å². The Morgan fingerprint density at radius 2 is 1.76 bits per heavy atom. The molecule has 0 radical (unpaired) electrons. The molecule has 29 heavy (non-hydrogen) atoms. The SMILES string of the molecule is NCC1CCCC(C2CCN(C(=O)C3CCNC4CCCC(B(O)O)C43)CC2)C1. The number of rotatable bonds is 4. The van der Waals surface area contributed by atoms with Gasteiger partial charge in [-0.2, -0.15) is 0 Å². The second kappa shape index (κ2) is 9.67. The Hall–Kier alpha value is -0.625. The van der Waals surface area contributed by atoms with Gasteiger partial charge in [0.25, 0.3) is 0 Å². The molecule has 4 fully saturated rings. The molecule has 2 saturated carbocycles. The van der Waals surface area contributed by atoms with Crippen LogP contribution in [-0.2, 0) is 4.79 Å². The number of nitrogens with one attached hydrogen (secondary N) is 1. The lowest BCUT2D eigenvalue weighted by atomic mass is 9.54. The number of hydrogen-bond donors (Lipinski definition) is 4. The molecule has 7 heteroatoms. The molecule has 6 unspecified atom stereocenters. The Morgan fingerprint density at radius 1 is 1.00 bits per heavy atom. The van der Waals surface area contributed by atoms with Gasteiger partial charge in [0.1, 0.15) is 0 Å². The minimum atomic E-state index is -1.31. The van der Waals surface area contributed by atoms with Crippen LogP contribution in [0, 0.1) is 29.6 Å². The Labute approximate surface area is 176 Å². The molecule has 2 aliphatic heterocycles. The highest BCUT2D eigenvalue weighted by Gasteiger charge is 2.48. The number of carbonyl (C=O) groups excluding carboxylic acids is 1. The summed E-state index contributed by atoms with van der Waals surface area (Å²) < 4.78 is 0. The molecule has 4 rings (SSSR count). The molecular formula is C22H40BN3O3. The van der Waals surface area contributed by atoms with Gasteiger partial charge in [0, 0.05) is 25.0 Å². The molecule has 6 atom stereocenters. The molecule has 0 bridgehead atoms. The second-order valence-corrected chi connectivity index (χ2v) is 10.2. The number of carbonyl (C=O) groups is 1. The highest BCUT2D eigenvalue weighted by molar-refractivity contribution is 6.43. The van der Waals surface area contributed by atoms with Crippen molar-refractivity contribution in [2.45, 2.75) is 76.1 Å². The van der Waals surface area contributed by atoms with E-state index >= 15 is 0 Å². The zero-order chi connectivity index (χ0) is 20.4. The lowest BCUT2D eigenvalue weighted by Gasteiger charge is -2.47. The maximum absolute atomic E-state index is 13.5. The largest absolute Gasteiger partial charge is 0.455 e. The molecule has 0 aromatic rings. The molecule has 4 aliphatic rings. The molecule has 2 heterocycles. The van der Waals surface area contributed by atoms with E-state index in [1.54, 1.807) is 0 Å². The van der Waals surface area contributed by atoms with Gasteiger partial charge < -0.3 is 26.0 Å². The van der Waals surface area contributed by atoms with Gasteiger partial charge in [-0.15, -0.1) is 0 Å². The molecule has 0 aromatic heterocycles. The van der Waals surface area contributed by atoms with Crippen LogP contribution in [0.2, 0.25) is 5.82 Å². The van der Waals surface area contributed by atoms with E-state index in [-0.39, 0.29) is 29.6 Å². The van der Waals surface area contributed by atoms with Gasteiger partial charge in [-0.3, -0.25) is 4.79 Å². The van der Waals surface area contributed by atoms with Crippen molar-refractivity contribution in [3.05, 3.63) is 0 Å². The second-order valence-electron chi connectivity index (χ2n) is 10.2. The summed E-state index contributed by atoms with van der Waals surface area (Å²) in [5, 5.41) is 23.4. The van der Waals surface area contributed by atoms with E-state index in [0.29, 0.717) is 5.92 Å². The van der Waals surface area contributed by atoms with E-state index in [1.807, 2.05) is 0 Å². The predicted molar refractivity (Wildman–Crippen MR) is 115 cm³/mol. The normalized spacial score (nSPS) is 39.1. The summed E-state index contributed by atoms with van der Waals surface area (Å²) in [6.07, 6.45) is 11.2. The number of hydrogen-bond acceptors (Lipinski definition) is 5. The highest BCUT2D eigenvalue weighted by atomic mass is 16.4. The smallest absolute Gasteiger partial charge is 0.427 e. The molecule has 2 saturated heterocycles. The van der Waals surface area contributed by atoms with E-state index in [9.17, 15) is 14.8 Å². The zero-order valence-corrected chi connectivity index (χ0v) is 17.8. The van der Waals surface area contributed by atoms with Gasteiger partial charge >= 0.3 is 7.12 Å². The minimum Gasteiger partial charge on any atom is -0.427 e. The standard InChI is InChI=1S/C22H40BN3O3/c24-14-15-3-1-4-17(13-15)16-8-11-26(12-9-16)22(27)18-7-10-25-20-6-2-5-19(21(18)20)23(28)29/h15-21,25,28-29H,1-14,24H2. The first-order valence-corrected chi connectivity index (χ1v) is 12.2. The van der Waals surface area contributed by atoms with Crippen molar-refractivity contribution in [3.8, 4) is 0 Å². The van der Waals surface area contributed by atoms with Crippen molar-refractivity contribution in [2.24, 2.45) is 35.3 Å². The Kier molecular flexibility index (Phi) is 7.20. The van der Waals surface area contributed by atoms with Crippen LogP contribution in [-0.4, -0.2) is 60.2 Å². The van der Waals surface area contributed by atoms with Crippen molar-refractivity contribution in [1.82, 2.24) is 10.2 Å². The molecule has 1 amide bonds. The summed E-state index contributed by atoms with van der Waals surface area (Å²) >= 11 is 0. The summed E-state index contributed by atoms with van der Waals surface area (Å²) in [5.74, 6) is 2.35. The summed E-state index contributed by atoms with van der Waals surface area (Å²) in [6, 6.07) is 0.256. The maximum Gasteiger partial charge on any atom is 0.455 e. The van der Waals surface area contributed by atoms with E-state index < -0.39 is 7.12 Å². The first-order chi connectivity index (χ1) is 14.1. The molecule has 0 spiro atoms. The van der Waals surface area contributed by atoms with E-state index in [4.69, 9.17) is 5.73 Å². The number of piperidine rings is 2. The third kappa shape index (κ3) is 4.68. The van der Waals surface area contributed by atoms with E-state index in [2.05, 4.69) is 10.2 Å². The number of likely N-dealkylation sites (tertiary alicyclic amines) is 1. The minimum absolute atomic E-state index is 0.0544. The predicted octanol–water partition coefficient (Wildman–Crippen LogP) is 1.61. The zero-order valence-electron chi connectivity index (χ0n) is 17.8. The molecule has 5 N–H and O–H groups in total. The number of amides is 1. The average Bonchev–Trinajstić information content (AvgIpc) is 2.77. The third-order valence-electron chi connectivity index (χ3n) is 8.71. The van der Waals surface area contributed by atoms with Crippen molar-refractivity contribution in [3.63, 3.8) is 0 Å². The molecule has 6 nitrogen and oxygen atoms in total. The molecular weight excluding hydrogens is 365 g/mol. The fourth-order valence-electron chi connectivity index (χ4n) is 7.13. The number of nitrogens with two attached hydrogens (primary N) is 1. The Balaban J connectivity index is 1.36. The summed E-state index contributed by atoms with van der Waals surface area (Å²) in [7, 11) is -1.31. The Morgan fingerprint density at radius 3 is 2.48 bits per heavy atom. The van der Waals surface area contributed by atoms with E-state index in [0.717, 1.165) is 76.5 Å². The van der Waals surface area contributed by atoms with Gasteiger partial charge in [-0.25, -0.2) is 0 Å². The van der Waals surface area contributed by atoms with Crippen molar-refractivity contribution < 1.29 is 14.8 Å². The van der Waals surface area contributed by atoms with Crippen LogP contribution in [0.15, 0.2) is 0 Å². The first-order valence-electron chi connectivity index (χ1n) is 12.2. The third-order valence-corrected chi connectivity index (χ3v) is 8.71. The van der Waals surface area contributed by atoms with Gasteiger partial charge in [0.05, 0.1) is 0 Å². The maximum atomic E-state index is 13.5. The van der Waals surface area contributed by atoms with Gasteiger partial charge in [-0.1, -0.05) is 25.7 Å². The van der Waals surface area contributed by atoms with Crippen molar-refractivity contribution in [2.75, 3.05) is 26.2 Å². The van der Waals surface area contributed by atoms with Crippen LogP contribution in [0.1, 0.15) is 64.2 Å². The number of fused-ring (bicyclic) bond motifs is 1. The van der Waals surface area contributed by atoms with Crippen LogP contribution in [0.3, 0.4) is 0 Å². The van der Waals surface area contributed by atoms with E-state index in [1.165, 1.54) is 25.7 Å². The lowest BCUT2D eigenvalue weighted by molar-refractivity contribution is -0.141. The first kappa shape index (κ1) is 21.6. The quantitative estimate of drug-likeness (QED) is 0.533. The molecule has 0 aromatic carbocycles. The fourth-order valence-corrected chi connectivity index (χ4v) is 7.13. The van der Waals surface area contributed by atoms with Gasteiger partial charge in [0.15, 0.2) is 0 Å². The van der Waals surface area contributed by atoms with Crippen molar-refractivity contribution in [1.29, 1.82) is 0 Å². The Bertz CT molecular complexity index is 553. The van der Waals surface area contributed by atoms with Crippen LogP contribution in [0.25, 0.3) is 0 Å². The monoisotopic (exact) mass is 405 g/mol. The average molecular weight is 405 g/mol. The fraction of sp³-hybridized carbons (Fsp3) is 0.955. The topological polar surface area (TPSA) is 98.8 Å². The van der Waals surface area contributed by atoms with Crippen LogP contribution in [0.4, 0.5) is 0 Å². The van der Waals surface area contributed by atoms with Gasteiger partial charge in [0.2, 0.25) is 5.91 Å². The van der Waals surface area contributed by atoms with Crippen molar-refractivity contribution >= 4 is 13.0 Å². The number of nitrogens with zero attached hydrogens (tertiary/aromatic N) is 1. The summed E-state index contributed by atoms with van der Waals surface area (Å²) in [5.41, 5.74) is 5.93. The van der Waals surface area contributed by atoms with Crippen LogP contribution < -0.4 is 11.1 Å². The summed E-state index contributed by atoms with van der Waals surface area (Å²) in [4.78, 5) is 15.6.